The quantitative estimate of drug-likeness (QED) is 0.173. The Labute approximate surface area is 210 Å². The lowest BCUT2D eigenvalue weighted by molar-refractivity contribution is 0.0566. The molecular weight excluding hydrogens is 433 g/mol. The first-order valence-electron chi connectivity index (χ1n) is 12.8. The number of unbranched alkanes of at least 4 members (excludes halogenated alkanes) is 3. The summed E-state index contributed by atoms with van der Waals surface area (Å²) in [5.74, 6) is -0.215. The van der Waals surface area contributed by atoms with Crippen molar-refractivity contribution in [1.82, 2.24) is 4.98 Å². The molecule has 0 fully saturated rings. The summed E-state index contributed by atoms with van der Waals surface area (Å²) in [5.41, 5.74) is 5.54. The van der Waals surface area contributed by atoms with Crippen LogP contribution in [0, 0.1) is 5.82 Å². The van der Waals surface area contributed by atoms with E-state index in [9.17, 15) is 4.39 Å². The number of aromatic nitrogens is 1. The highest BCUT2D eigenvalue weighted by Gasteiger charge is 2.06. The van der Waals surface area contributed by atoms with Gasteiger partial charge in [-0.05, 0) is 62.3 Å². The van der Waals surface area contributed by atoms with Crippen LogP contribution in [-0.2, 0) is 11.2 Å². The Balaban J connectivity index is 1.51. The molecule has 0 radical (unpaired) electrons. The molecule has 0 saturated carbocycles. The van der Waals surface area contributed by atoms with Gasteiger partial charge in [-0.3, -0.25) is 4.98 Å². The van der Waals surface area contributed by atoms with Gasteiger partial charge in [0.15, 0.2) is 0 Å². The van der Waals surface area contributed by atoms with Gasteiger partial charge in [0, 0.05) is 29.5 Å². The van der Waals surface area contributed by atoms with Crippen LogP contribution in [0.15, 0.2) is 79.5 Å². The number of pyridine rings is 1. The maximum atomic E-state index is 14.7. The van der Waals surface area contributed by atoms with Crippen molar-refractivity contribution in [3.05, 3.63) is 96.5 Å². The van der Waals surface area contributed by atoms with Crippen LogP contribution in [0.1, 0.15) is 63.5 Å². The van der Waals surface area contributed by atoms with Crippen molar-refractivity contribution in [1.29, 1.82) is 0 Å². The monoisotopic (exact) mass is 471 g/mol. The molecule has 1 aromatic heterocycles. The number of hydrogen-bond donors (Lipinski definition) is 0. The summed E-state index contributed by atoms with van der Waals surface area (Å²) < 4.78 is 20.6. The average molecular weight is 472 g/mol. The smallest absolute Gasteiger partial charge is 0.131 e. The Kier molecular flexibility index (Phi) is 10.9. The molecule has 0 aliphatic heterocycles. The van der Waals surface area contributed by atoms with Gasteiger partial charge in [0.25, 0.3) is 0 Å². The SMILES string of the molecule is C=CCc1ccc(-c2ccc(-c3ccc(/C=C/CCCC(C)OCCCCC)c(F)c3)cn2)cc1. The second kappa shape index (κ2) is 14.4. The molecule has 3 heteroatoms. The fraction of sp³-hybridized carbons (Fsp3) is 0.344. The summed E-state index contributed by atoms with van der Waals surface area (Å²) >= 11 is 0. The number of allylic oxidation sites excluding steroid dienone is 2. The molecule has 1 unspecified atom stereocenters. The summed E-state index contributed by atoms with van der Waals surface area (Å²) in [6.07, 6.45) is 15.4. The average Bonchev–Trinajstić information content (AvgIpc) is 2.88. The van der Waals surface area contributed by atoms with Gasteiger partial charge in [-0.15, -0.1) is 6.58 Å². The summed E-state index contributed by atoms with van der Waals surface area (Å²) in [6, 6.07) is 17.7. The molecular formula is C32H38FNO. The highest BCUT2D eigenvalue weighted by atomic mass is 19.1. The van der Waals surface area contributed by atoms with E-state index in [-0.39, 0.29) is 11.9 Å². The topological polar surface area (TPSA) is 22.1 Å². The summed E-state index contributed by atoms with van der Waals surface area (Å²) in [6.45, 7) is 8.97. The molecule has 35 heavy (non-hydrogen) atoms. The number of rotatable bonds is 14. The van der Waals surface area contributed by atoms with Crippen molar-refractivity contribution in [2.45, 2.75) is 64.9 Å². The van der Waals surface area contributed by atoms with Crippen molar-refractivity contribution < 1.29 is 9.13 Å². The Hall–Kier alpha value is -3.04. The Bertz CT molecular complexity index is 1070. The molecule has 184 valence electrons. The molecule has 1 heterocycles. The van der Waals surface area contributed by atoms with E-state index in [4.69, 9.17) is 4.74 Å². The van der Waals surface area contributed by atoms with Crippen molar-refractivity contribution in [2.75, 3.05) is 6.61 Å². The lowest BCUT2D eigenvalue weighted by Gasteiger charge is -2.12. The first-order valence-corrected chi connectivity index (χ1v) is 12.8. The fourth-order valence-electron chi connectivity index (χ4n) is 4.01. The van der Waals surface area contributed by atoms with Gasteiger partial charge >= 0.3 is 0 Å². The van der Waals surface area contributed by atoms with E-state index in [1.54, 1.807) is 6.07 Å². The lowest BCUT2D eigenvalue weighted by Crippen LogP contribution is -2.08. The molecule has 3 aromatic rings. The fourth-order valence-corrected chi connectivity index (χ4v) is 4.01. The van der Waals surface area contributed by atoms with Crippen LogP contribution in [0.2, 0.25) is 0 Å². The molecule has 0 bridgehead atoms. The summed E-state index contributed by atoms with van der Waals surface area (Å²) in [7, 11) is 0. The van der Waals surface area contributed by atoms with Gasteiger partial charge in [-0.2, -0.15) is 0 Å². The zero-order chi connectivity index (χ0) is 24.9. The molecule has 0 saturated heterocycles. The number of ether oxygens (including phenoxy) is 1. The van der Waals surface area contributed by atoms with E-state index in [2.05, 4.69) is 55.8 Å². The van der Waals surface area contributed by atoms with Gasteiger partial charge in [0.1, 0.15) is 5.82 Å². The first kappa shape index (κ1) is 26.6. The van der Waals surface area contributed by atoms with Gasteiger partial charge in [0.05, 0.1) is 11.8 Å². The highest BCUT2D eigenvalue weighted by Crippen LogP contribution is 2.25. The maximum absolute atomic E-state index is 14.7. The molecule has 2 aromatic carbocycles. The molecule has 2 nitrogen and oxygen atoms in total. The molecule has 0 N–H and O–H groups in total. The van der Waals surface area contributed by atoms with Crippen LogP contribution in [-0.4, -0.2) is 17.7 Å². The van der Waals surface area contributed by atoms with Crippen molar-refractivity contribution in [3.8, 4) is 22.4 Å². The maximum Gasteiger partial charge on any atom is 0.131 e. The molecule has 1 atom stereocenters. The van der Waals surface area contributed by atoms with Gasteiger partial charge < -0.3 is 4.74 Å². The van der Waals surface area contributed by atoms with E-state index in [1.807, 2.05) is 42.6 Å². The van der Waals surface area contributed by atoms with Crippen LogP contribution < -0.4 is 0 Å². The van der Waals surface area contributed by atoms with Crippen molar-refractivity contribution in [3.63, 3.8) is 0 Å². The van der Waals surface area contributed by atoms with E-state index in [1.165, 1.54) is 18.4 Å². The Morgan fingerprint density at radius 1 is 0.971 bits per heavy atom. The zero-order valence-electron chi connectivity index (χ0n) is 21.2. The van der Waals surface area contributed by atoms with Crippen LogP contribution in [0.3, 0.4) is 0 Å². The number of nitrogens with zero attached hydrogens (tertiary/aromatic N) is 1. The third-order valence-corrected chi connectivity index (χ3v) is 6.16. The van der Waals surface area contributed by atoms with E-state index in [0.29, 0.717) is 5.56 Å². The van der Waals surface area contributed by atoms with E-state index < -0.39 is 0 Å². The van der Waals surface area contributed by atoms with E-state index in [0.717, 1.165) is 61.1 Å². The predicted octanol–water partition coefficient (Wildman–Crippen LogP) is 9.06. The second-order valence-electron chi connectivity index (χ2n) is 9.08. The minimum absolute atomic E-state index is 0.215. The van der Waals surface area contributed by atoms with Crippen molar-refractivity contribution >= 4 is 6.08 Å². The van der Waals surface area contributed by atoms with Gasteiger partial charge in [-0.25, -0.2) is 4.39 Å². The first-order chi connectivity index (χ1) is 17.1. The zero-order valence-corrected chi connectivity index (χ0v) is 21.2. The Morgan fingerprint density at radius 2 is 1.74 bits per heavy atom. The number of hydrogen-bond acceptors (Lipinski definition) is 2. The predicted molar refractivity (Wildman–Crippen MR) is 147 cm³/mol. The van der Waals surface area contributed by atoms with Gasteiger partial charge in [0.2, 0.25) is 0 Å². The molecule has 0 aliphatic carbocycles. The van der Waals surface area contributed by atoms with Crippen LogP contribution in [0.4, 0.5) is 4.39 Å². The standard InChI is InChI=1S/C32H38FNO/c1-4-6-10-22-35-25(3)12-8-7-9-13-27-18-19-29(23-31(27)33)30-20-21-32(34-24-30)28-16-14-26(11-5-2)15-17-28/h5,9,13-21,23-25H,2,4,6-8,10-12,22H2,1,3H3/b13-9+. The Morgan fingerprint density at radius 3 is 2.43 bits per heavy atom. The molecule has 0 spiro atoms. The minimum Gasteiger partial charge on any atom is -0.379 e. The van der Waals surface area contributed by atoms with Crippen molar-refractivity contribution in [2.24, 2.45) is 0 Å². The van der Waals surface area contributed by atoms with Crippen LogP contribution in [0.25, 0.3) is 28.5 Å². The number of benzene rings is 2. The molecule has 0 aliphatic rings. The summed E-state index contributed by atoms with van der Waals surface area (Å²) in [5, 5.41) is 0. The number of halogens is 1. The second-order valence-corrected chi connectivity index (χ2v) is 9.08. The van der Waals surface area contributed by atoms with Gasteiger partial charge in [-0.1, -0.05) is 80.5 Å². The third-order valence-electron chi connectivity index (χ3n) is 6.16. The largest absolute Gasteiger partial charge is 0.379 e. The third kappa shape index (κ3) is 8.60. The molecule has 3 rings (SSSR count). The van der Waals surface area contributed by atoms with Crippen LogP contribution >= 0.6 is 0 Å². The molecule has 0 amide bonds. The van der Waals surface area contributed by atoms with Crippen LogP contribution in [0.5, 0.6) is 0 Å². The normalized spacial score (nSPS) is 12.2. The minimum atomic E-state index is -0.215. The van der Waals surface area contributed by atoms with E-state index >= 15 is 0 Å². The lowest BCUT2D eigenvalue weighted by atomic mass is 10.0. The highest BCUT2D eigenvalue weighted by molar-refractivity contribution is 5.68. The summed E-state index contributed by atoms with van der Waals surface area (Å²) in [4.78, 5) is 4.60.